The van der Waals surface area contributed by atoms with Crippen molar-refractivity contribution in [3.05, 3.63) is 16.9 Å². The van der Waals surface area contributed by atoms with Gasteiger partial charge in [0.15, 0.2) is 0 Å². The molecule has 0 N–H and O–H groups in total. The van der Waals surface area contributed by atoms with E-state index in [1.165, 1.54) is 7.11 Å². The van der Waals surface area contributed by atoms with Gasteiger partial charge in [0, 0.05) is 6.20 Å². The Balaban J connectivity index is 2.55. The lowest BCUT2D eigenvalue weighted by molar-refractivity contribution is -0.140. The quantitative estimate of drug-likeness (QED) is 0.719. The van der Waals surface area contributed by atoms with Crippen molar-refractivity contribution < 1.29 is 9.53 Å². The van der Waals surface area contributed by atoms with Crippen molar-refractivity contribution in [3.63, 3.8) is 0 Å². The zero-order valence-electron chi connectivity index (χ0n) is 8.29. The smallest absolute Gasteiger partial charge is 0.307 e. The van der Waals surface area contributed by atoms with Crippen LogP contribution in [0.2, 0.25) is 5.02 Å². The predicted octanol–water partition coefficient (Wildman–Crippen LogP) is 1.66. The first-order valence-corrected chi connectivity index (χ1v) is 4.83. The molecule has 4 nitrogen and oxygen atoms in total. The first-order chi connectivity index (χ1) is 6.67. The molecule has 0 aromatic carbocycles. The van der Waals surface area contributed by atoms with Crippen LogP contribution in [0, 0.1) is 0 Å². The molecule has 0 unspecified atom stereocenters. The van der Waals surface area contributed by atoms with E-state index in [0.717, 1.165) is 12.1 Å². The summed E-state index contributed by atoms with van der Waals surface area (Å²) in [5.74, 6) is -0.241. The van der Waals surface area contributed by atoms with Crippen LogP contribution in [0.1, 0.15) is 19.0 Å². The summed E-state index contributed by atoms with van der Waals surface area (Å²) >= 11 is 5.89. The van der Waals surface area contributed by atoms with Crippen LogP contribution in [0.3, 0.4) is 0 Å². The fourth-order valence-corrected chi connectivity index (χ4v) is 1.38. The van der Waals surface area contributed by atoms with Crippen molar-refractivity contribution in [2.24, 2.45) is 0 Å². The number of aromatic nitrogens is 2. The molecule has 0 saturated carbocycles. The molecule has 1 rings (SSSR count). The van der Waals surface area contributed by atoms with Crippen molar-refractivity contribution in [2.75, 3.05) is 7.11 Å². The first-order valence-electron chi connectivity index (χ1n) is 4.46. The van der Waals surface area contributed by atoms with Crippen molar-refractivity contribution >= 4 is 17.6 Å². The number of hydrogen-bond acceptors (Lipinski definition) is 3. The number of rotatable bonds is 4. The lowest BCUT2D eigenvalue weighted by atomic mass is 10.3. The van der Waals surface area contributed by atoms with Gasteiger partial charge in [-0.1, -0.05) is 18.5 Å². The van der Waals surface area contributed by atoms with Gasteiger partial charge in [-0.25, -0.2) is 0 Å². The molecule has 5 heteroatoms. The molecule has 0 atom stereocenters. The summed E-state index contributed by atoms with van der Waals surface area (Å²) in [7, 11) is 1.37. The highest BCUT2D eigenvalue weighted by atomic mass is 35.5. The minimum absolute atomic E-state index is 0.241. The van der Waals surface area contributed by atoms with Crippen LogP contribution in [-0.2, 0) is 22.5 Å². The van der Waals surface area contributed by atoms with Gasteiger partial charge in [-0.3, -0.25) is 9.48 Å². The number of carbonyl (C=O) groups excluding carboxylic acids is 1. The molecule has 1 heterocycles. The molecule has 1 aromatic rings. The number of esters is 1. The number of halogens is 1. The number of ether oxygens (including phenoxy) is 1. The Hall–Kier alpha value is -1.03. The van der Waals surface area contributed by atoms with Gasteiger partial charge in [0.2, 0.25) is 0 Å². The van der Waals surface area contributed by atoms with Gasteiger partial charge >= 0.3 is 5.97 Å². The third-order valence-corrected chi connectivity index (χ3v) is 2.21. The molecule has 0 bridgehead atoms. The zero-order valence-corrected chi connectivity index (χ0v) is 9.04. The molecule has 78 valence electrons. The van der Waals surface area contributed by atoms with E-state index < -0.39 is 0 Å². The Morgan fingerprint density at radius 1 is 1.71 bits per heavy atom. The van der Waals surface area contributed by atoms with Gasteiger partial charge in [-0.05, 0) is 6.42 Å². The minimum Gasteiger partial charge on any atom is -0.469 e. The monoisotopic (exact) mass is 216 g/mol. The molecule has 14 heavy (non-hydrogen) atoms. The van der Waals surface area contributed by atoms with Crippen LogP contribution < -0.4 is 0 Å². The average molecular weight is 217 g/mol. The standard InChI is InChI=1S/C9H13ClN2O2/c1-3-8-7(10)6-12(11-8)5-4-9(13)14-2/h6H,3-5H2,1-2H3. The van der Waals surface area contributed by atoms with E-state index in [-0.39, 0.29) is 5.97 Å². The van der Waals surface area contributed by atoms with Crippen LogP contribution in [0.5, 0.6) is 0 Å². The van der Waals surface area contributed by atoms with Gasteiger partial charge < -0.3 is 4.74 Å². The van der Waals surface area contributed by atoms with Crippen molar-refractivity contribution in [3.8, 4) is 0 Å². The summed E-state index contributed by atoms with van der Waals surface area (Å²) in [6.07, 6.45) is 2.84. The summed E-state index contributed by atoms with van der Waals surface area (Å²) in [6.45, 7) is 2.49. The van der Waals surface area contributed by atoms with Gasteiger partial charge in [0.1, 0.15) is 0 Å². The Bertz CT molecular complexity index is 323. The second-order valence-corrected chi connectivity index (χ2v) is 3.27. The van der Waals surface area contributed by atoms with Gasteiger partial charge in [-0.15, -0.1) is 0 Å². The van der Waals surface area contributed by atoms with Gasteiger partial charge in [-0.2, -0.15) is 5.10 Å². The minimum atomic E-state index is -0.241. The number of hydrogen-bond donors (Lipinski definition) is 0. The Morgan fingerprint density at radius 2 is 2.43 bits per heavy atom. The number of methoxy groups -OCH3 is 1. The van der Waals surface area contributed by atoms with Crippen LogP contribution in [0.25, 0.3) is 0 Å². The molecule has 0 saturated heterocycles. The average Bonchev–Trinajstić information content (AvgIpc) is 2.55. The van der Waals surface area contributed by atoms with Crippen LogP contribution >= 0.6 is 11.6 Å². The molecular weight excluding hydrogens is 204 g/mol. The van der Waals surface area contributed by atoms with Gasteiger partial charge in [0.25, 0.3) is 0 Å². The number of aryl methyl sites for hydroxylation is 2. The first kappa shape index (κ1) is 11.0. The van der Waals surface area contributed by atoms with E-state index in [9.17, 15) is 4.79 Å². The highest BCUT2D eigenvalue weighted by Crippen LogP contribution is 2.14. The molecule has 0 fully saturated rings. The lowest BCUT2D eigenvalue weighted by Gasteiger charge is -1.99. The zero-order chi connectivity index (χ0) is 10.6. The maximum atomic E-state index is 10.9. The Labute approximate surface area is 87.8 Å². The second-order valence-electron chi connectivity index (χ2n) is 2.87. The summed E-state index contributed by atoms with van der Waals surface area (Å²) < 4.78 is 6.19. The summed E-state index contributed by atoms with van der Waals surface area (Å²) in [6, 6.07) is 0. The maximum Gasteiger partial charge on any atom is 0.307 e. The molecule has 1 aromatic heterocycles. The van der Waals surface area contributed by atoms with Crippen LogP contribution in [0.4, 0.5) is 0 Å². The summed E-state index contributed by atoms with van der Waals surface area (Å²) in [5, 5.41) is 4.86. The third kappa shape index (κ3) is 2.73. The van der Waals surface area contributed by atoms with Crippen molar-refractivity contribution in [1.82, 2.24) is 9.78 Å². The molecule has 0 amide bonds. The fraction of sp³-hybridized carbons (Fsp3) is 0.556. The largest absolute Gasteiger partial charge is 0.469 e. The van der Waals surface area contributed by atoms with E-state index in [1.54, 1.807) is 10.9 Å². The summed E-state index contributed by atoms with van der Waals surface area (Å²) in [4.78, 5) is 10.9. The number of nitrogens with zero attached hydrogens (tertiary/aromatic N) is 2. The fourth-order valence-electron chi connectivity index (χ4n) is 1.10. The van der Waals surface area contributed by atoms with E-state index in [2.05, 4.69) is 9.84 Å². The topological polar surface area (TPSA) is 44.1 Å². The highest BCUT2D eigenvalue weighted by Gasteiger charge is 2.06. The molecule has 0 aliphatic rings. The van der Waals surface area contributed by atoms with Crippen molar-refractivity contribution in [1.29, 1.82) is 0 Å². The Kier molecular flexibility index (Phi) is 3.95. The van der Waals surface area contributed by atoms with Gasteiger partial charge in [0.05, 0.1) is 30.8 Å². The van der Waals surface area contributed by atoms with E-state index >= 15 is 0 Å². The van der Waals surface area contributed by atoms with Crippen LogP contribution in [0.15, 0.2) is 6.20 Å². The van der Waals surface area contributed by atoms with E-state index in [0.29, 0.717) is 18.0 Å². The number of carbonyl (C=O) groups is 1. The summed E-state index contributed by atoms with van der Waals surface area (Å²) in [5.41, 5.74) is 0.858. The van der Waals surface area contributed by atoms with Crippen molar-refractivity contribution in [2.45, 2.75) is 26.3 Å². The highest BCUT2D eigenvalue weighted by molar-refractivity contribution is 6.31. The normalized spacial score (nSPS) is 10.2. The lowest BCUT2D eigenvalue weighted by Crippen LogP contribution is -2.07. The predicted molar refractivity (Wildman–Crippen MR) is 53.2 cm³/mol. The van der Waals surface area contributed by atoms with Crippen LogP contribution in [-0.4, -0.2) is 22.9 Å². The SMILES string of the molecule is CCc1nn(CCC(=O)OC)cc1Cl. The second kappa shape index (κ2) is 5.00. The maximum absolute atomic E-state index is 10.9. The molecule has 0 aliphatic heterocycles. The Morgan fingerprint density at radius 3 is 2.93 bits per heavy atom. The third-order valence-electron chi connectivity index (χ3n) is 1.89. The van der Waals surface area contributed by atoms with E-state index in [4.69, 9.17) is 11.6 Å². The molecule has 0 spiro atoms. The molecular formula is C9H13ClN2O2. The van der Waals surface area contributed by atoms with E-state index in [1.807, 2.05) is 6.92 Å². The molecule has 0 aliphatic carbocycles. The molecule has 0 radical (unpaired) electrons.